The first-order valence-electron chi connectivity index (χ1n) is 7.29. The highest BCUT2D eigenvalue weighted by Gasteiger charge is 2.42. The van der Waals surface area contributed by atoms with Crippen molar-refractivity contribution in [2.24, 2.45) is 5.41 Å². The van der Waals surface area contributed by atoms with E-state index in [9.17, 15) is 9.18 Å². The number of carboxylic acid groups (broad SMARTS) is 1. The molecule has 0 saturated carbocycles. The second-order valence-corrected chi connectivity index (χ2v) is 5.83. The molecule has 1 heterocycles. The Morgan fingerprint density at radius 1 is 1.30 bits per heavy atom. The highest BCUT2D eigenvalue weighted by molar-refractivity contribution is 5.88. The standard InChI is InChI=1S/C16H22FNO2/c1-3-7-16(8-4-2)10-18(11-16)14-6-5-12(15(19)20)9-13(14)17/h5-6,9H,3-4,7-8,10-11H2,1-2H3,(H,19,20). The fraction of sp³-hybridized carbons (Fsp3) is 0.562. The van der Waals surface area contributed by atoms with Crippen LogP contribution < -0.4 is 4.90 Å². The van der Waals surface area contributed by atoms with Crippen molar-refractivity contribution < 1.29 is 14.3 Å². The number of nitrogens with zero attached hydrogens (tertiary/aromatic N) is 1. The Kier molecular flexibility index (Phi) is 4.31. The van der Waals surface area contributed by atoms with Crippen LogP contribution in [0.15, 0.2) is 18.2 Å². The number of aromatic carboxylic acids is 1. The van der Waals surface area contributed by atoms with Crippen LogP contribution in [0.25, 0.3) is 0 Å². The molecule has 0 spiro atoms. The van der Waals surface area contributed by atoms with Gasteiger partial charge in [0.25, 0.3) is 0 Å². The molecule has 1 aromatic carbocycles. The van der Waals surface area contributed by atoms with E-state index in [2.05, 4.69) is 13.8 Å². The van der Waals surface area contributed by atoms with Gasteiger partial charge in [-0.05, 0) is 31.0 Å². The highest BCUT2D eigenvalue weighted by Crippen LogP contribution is 2.42. The van der Waals surface area contributed by atoms with Gasteiger partial charge in [-0.1, -0.05) is 26.7 Å². The zero-order valence-corrected chi connectivity index (χ0v) is 12.2. The lowest BCUT2D eigenvalue weighted by molar-refractivity contribution is 0.0696. The molecule has 1 saturated heterocycles. The van der Waals surface area contributed by atoms with E-state index in [1.54, 1.807) is 6.07 Å². The van der Waals surface area contributed by atoms with Crippen LogP contribution in [0.4, 0.5) is 10.1 Å². The molecule has 20 heavy (non-hydrogen) atoms. The number of benzene rings is 1. The Morgan fingerprint density at radius 2 is 1.90 bits per heavy atom. The van der Waals surface area contributed by atoms with Crippen LogP contribution in [0.1, 0.15) is 49.9 Å². The summed E-state index contributed by atoms with van der Waals surface area (Å²) in [5.74, 6) is -1.53. The molecule has 0 radical (unpaired) electrons. The average Bonchev–Trinajstić information content (AvgIpc) is 2.35. The van der Waals surface area contributed by atoms with Crippen molar-refractivity contribution in [1.29, 1.82) is 0 Å². The summed E-state index contributed by atoms with van der Waals surface area (Å²) in [6.07, 6.45) is 4.64. The van der Waals surface area contributed by atoms with E-state index in [4.69, 9.17) is 5.11 Å². The van der Waals surface area contributed by atoms with Crippen LogP contribution in [0, 0.1) is 11.2 Å². The highest BCUT2D eigenvalue weighted by atomic mass is 19.1. The first-order chi connectivity index (χ1) is 9.51. The molecule has 1 N–H and O–H groups in total. The van der Waals surface area contributed by atoms with Gasteiger partial charge in [-0.3, -0.25) is 0 Å². The topological polar surface area (TPSA) is 40.5 Å². The van der Waals surface area contributed by atoms with Crippen molar-refractivity contribution in [2.75, 3.05) is 18.0 Å². The summed E-state index contributed by atoms with van der Waals surface area (Å²) in [6.45, 7) is 6.11. The number of hydrogen-bond acceptors (Lipinski definition) is 2. The maximum absolute atomic E-state index is 14.0. The van der Waals surface area contributed by atoms with Crippen LogP contribution in [0.2, 0.25) is 0 Å². The predicted molar refractivity (Wildman–Crippen MR) is 77.8 cm³/mol. The van der Waals surface area contributed by atoms with Gasteiger partial charge >= 0.3 is 5.97 Å². The number of carbonyl (C=O) groups is 1. The van der Waals surface area contributed by atoms with Crippen molar-refractivity contribution in [3.63, 3.8) is 0 Å². The molecule has 0 amide bonds. The molecule has 2 rings (SSSR count). The molecule has 1 aromatic rings. The summed E-state index contributed by atoms with van der Waals surface area (Å²) in [4.78, 5) is 12.8. The average molecular weight is 279 g/mol. The van der Waals surface area contributed by atoms with Crippen LogP contribution in [-0.4, -0.2) is 24.2 Å². The monoisotopic (exact) mass is 279 g/mol. The van der Waals surface area contributed by atoms with E-state index < -0.39 is 11.8 Å². The lowest BCUT2D eigenvalue weighted by atomic mass is 9.72. The van der Waals surface area contributed by atoms with Gasteiger partial charge in [0.05, 0.1) is 11.3 Å². The SMILES string of the molecule is CCCC1(CCC)CN(c2ccc(C(=O)O)cc2F)C1. The smallest absolute Gasteiger partial charge is 0.335 e. The number of carboxylic acids is 1. The zero-order chi connectivity index (χ0) is 14.8. The first-order valence-corrected chi connectivity index (χ1v) is 7.29. The summed E-state index contributed by atoms with van der Waals surface area (Å²) in [5.41, 5.74) is 0.847. The van der Waals surface area contributed by atoms with Crippen LogP contribution in [-0.2, 0) is 0 Å². The van der Waals surface area contributed by atoms with Crippen LogP contribution in [0.3, 0.4) is 0 Å². The van der Waals surface area contributed by atoms with Crippen molar-refractivity contribution in [1.82, 2.24) is 0 Å². The fourth-order valence-corrected chi connectivity index (χ4v) is 3.33. The molecular formula is C16H22FNO2. The minimum Gasteiger partial charge on any atom is -0.478 e. The molecule has 0 aliphatic carbocycles. The molecule has 0 aromatic heterocycles. The molecule has 0 bridgehead atoms. The number of rotatable bonds is 6. The van der Waals surface area contributed by atoms with Gasteiger partial charge in [0.15, 0.2) is 0 Å². The molecule has 3 nitrogen and oxygen atoms in total. The van der Waals surface area contributed by atoms with Gasteiger partial charge in [0.2, 0.25) is 0 Å². The summed E-state index contributed by atoms with van der Waals surface area (Å²) in [7, 11) is 0. The number of hydrogen-bond donors (Lipinski definition) is 1. The summed E-state index contributed by atoms with van der Waals surface area (Å²) >= 11 is 0. The third-order valence-electron chi connectivity index (χ3n) is 4.15. The maximum Gasteiger partial charge on any atom is 0.335 e. The van der Waals surface area contributed by atoms with Gasteiger partial charge in [0, 0.05) is 18.5 Å². The molecule has 1 aliphatic heterocycles. The van der Waals surface area contributed by atoms with E-state index in [1.165, 1.54) is 18.9 Å². The van der Waals surface area contributed by atoms with E-state index in [-0.39, 0.29) is 5.56 Å². The minimum atomic E-state index is -1.09. The Bertz CT molecular complexity index is 487. The summed E-state index contributed by atoms with van der Waals surface area (Å²) < 4.78 is 14.0. The minimum absolute atomic E-state index is 0.000142. The number of anilines is 1. The van der Waals surface area contributed by atoms with Crippen molar-refractivity contribution >= 4 is 11.7 Å². The Morgan fingerprint density at radius 3 is 2.35 bits per heavy atom. The zero-order valence-electron chi connectivity index (χ0n) is 12.2. The first kappa shape index (κ1) is 14.8. The van der Waals surface area contributed by atoms with Gasteiger partial charge in [-0.2, -0.15) is 0 Å². The van der Waals surface area contributed by atoms with E-state index >= 15 is 0 Å². The third-order valence-corrected chi connectivity index (χ3v) is 4.15. The Labute approximate surface area is 119 Å². The molecule has 4 heteroatoms. The third kappa shape index (κ3) is 2.79. The Hall–Kier alpha value is -1.58. The predicted octanol–water partition coefficient (Wildman–Crippen LogP) is 3.93. The molecule has 1 fully saturated rings. The van der Waals surface area contributed by atoms with E-state index in [1.807, 2.05) is 4.90 Å². The van der Waals surface area contributed by atoms with Gasteiger partial charge < -0.3 is 10.0 Å². The van der Waals surface area contributed by atoms with E-state index in [0.29, 0.717) is 11.1 Å². The normalized spacial score (nSPS) is 16.9. The van der Waals surface area contributed by atoms with Crippen molar-refractivity contribution in [3.05, 3.63) is 29.6 Å². The largest absolute Gasteiger partial charge is 0.478 e. The van der Waals surface area contributed by atoms with Crippen molar-refractivity contribution in [2.45, 2.75) is 39.5 Å². The van der Waals surface area contributed by atoms with Gasteiger partial charge in [0.1, 0.15) is 5.82 Å². The van der Waals surface area contributed by atoms with Crippen LogP contribution >= 0.6 is 0 Å². The Balaban J connectivity index is 2.10. The molecule has 110 valence electrons. The molecule has 0 unspecified atom stereocenters. The maximum atomic E-state index is 14.0. The molecule has 0 atom stereocenters. The lowest BCUT2D eigenvalue weighted by Gasteiger charge is -2.52. The second kappa shape index (κ2) is 5.81. The fourth-order valence-electron chi connectivity index (χ4n) is 3.33. The number of halogens is 1. The molecule has 1 aliphatic rings. The summed E-state index contributed by atoms with van der Waals surface area (Å²) in [5, 5.41) is 8.85. The van der Waals surface area contributed by atoms with Gasteiger partial charge in [-0.25, -0.2) is 9.18 Å². The molecular weight excluding hydrogens is 257 g/mol. The second-order valence-electron chi connectivity index (χ2n) is 5.83. The summed E-state index contributed by atoms with van der Waals surface area (Å²) in [6, 6.07) is 4.16. The van der Waals surface area contributed by atoms with E-state index in [0.717, 1.165) is 32.0 Å². The van der Waals surface area contributed by atoms with Gasteiger partial charge in [-0.15, -0.1) is 0 Å². The van der Waals surface area contributed by atoms with Crippen LogP contribution in [0.5, 0.6) is 0 Å². The van der Waals surface area contributed by atoms with Crippen molar-refractivity contribution in [3.8, 4) is 0 Å². The quantitative estimate of drug-likeness (QED) is 0.857. The lowest BCUT2D eigenvalue weighted by Crippen LogP contribution is -2.56.